The maximum atomic E-state index is 11.0. The van der Waals surface area contributed by atoms with Crippen molar-refractivity contribution in [3.05, 3.63) is 46.9 Å². The molecule has 1 amide bonds. The minimum atomic E-state index is -0.478. The fourth-order valence-electron chi connectivity index (χ4n) is 1.72. The third-order valence-corrected chi connectivity index (χ3v) is 3.03. The number of hydrogen-bond acceptors (Lipinski definition) is 4. The second-order valence-electron chi connectivity index (χ2n) is 4.19. The van der Waals surface area contributed by atoms with Crippen LogP contribution in [0.4, 0.5) is 0 Å². The van der Waals surface area contributed by atoms with Crippen molar-refractivity contribution in [1.82, 2.24) is 9.97 Å². The number of carbonyl (C=O) groups is 1. The van der Waals surface area contributed by atoms with Gasteiger partial charge in [0.25, 0.3) is 0 Å². The maximum Gasteiger partial charge on any atom is 0.248 e. The van der Waals surface area contributed by atoms with Crippen molar-refractivity contribution in [3.63, 3.8) is 0 Å². The Morgan fingerprint density at radius 2 is 2.00 bits per heavy atom. The van der Waals surface area contributed by atoms with Gasteiger partial charge in [-0.15, -0.1) is 0 Å². The molecule has 0 unspecified atom stereocenters. The molecule has 0 aliphatic heterocycles. The summed E-state index contributed by atoms with van der Waals surface area (Å²) in [6.45, 7) is 2.04. The molecule has 0 bridgehead atoms. The Balaban J connectivity index is 2.25. The molecule has 1 aromatic carbocycles. The number of benzene rings is 1. The molecule has 1 heterocycles. The summed E-state index contributed by atoms with van der Waals surface area (Å²) in [5.41, 5.74) is 6.38. The van der Waals surface area contributed by atoms with Crippen LogP contribution in [0, 0.1) is 0 Å². The first-order chi connectivity index (χ1) is 9.61. The number of rotatable bonds is 5. The Morgan fingerprint density at radius 3 is 2.60 bits per heavy atom. The highest BCUT2D eigenvalue weighted by Gasteiger charge is 2.11. The molecule has 2 rings (SSSR count). The predicted molar refractivity (Wildman–Crippen MR) is 76.1 cm³/mol. The summed E-state index contributed by atoms with van der Waals surface area (Å²) in [6, 6.07) is 6.51. The number of primary amides is 1. The zero-order valence-corrected chi connectivity index (χ0v) is 11.7. The van der Waals surface area contributed by atoms with Crippen molar-refractivity contribution in [2.75, 3.05) is 0 Å². The van der Waals surface area contributed by atoms with Crippen LogP contribution in [0.15, 0.2) is 30.6 Å². The van der Waals surface area contributed by atoms with Crippen LogP contribution in [-0.4, -0.2) is 15.9 Å². The van der Waals surface area contributed by atoms with Crippen LogP contribution in [0.2, 0.25) is 5.15 Å². The summed E-state index contributed by atoms with van der Waals surface area (Å²) in [7, 11) is 0. The number of amides is 1. The number of nitrogens with zero attached hydrogens (tertiary/aromatic N) is 2. The van der Waals surface area contributed by atoms with E-state index in [9.17, 15) is 4.79 Å². The summed E-state index contributed by atoms with van der Waals surface area (Å²) in [5, 5.41) is 0.394. The molecule has 20 heavy (non-hydrogen) atoms. The lowest BCUT2D eigenvalue weighted by Gasteiger charge is -2.10. The molecule has 104 valence electrons. The number of hydrogen-bond donors (Lipinski definition) is 1. The Kier molecular flexibility index (Phi) is 4.53. The van der Waals surface area contributed by atoms with Crippen LogP contribution in [0.3, 0.4) is 0 Å². The van der Waals surface area contributed by atoms with E-state index in [1.165, 1.54) is 6.33 Å². The average Bonchev–Trinajstić information content (AvgIpc) is 2.43. The van der Waals surface area contributed by atoms with E-state index >= 15 is 0 Å². The molecule has 5 nitrogen and oxygen atoms in total. The van der Waals surface area contributed by atoms with E-state index < -0.39 is 5.91 Å². The summed E-state index contributed by atoms with van der Waals surface area (Å²) < 4.78 is 5.69. The quantitative estimate of drug-likeness (QED) is 0.859. The van der Waals surface area contributed by atoms with Crippen molar-refractivity contribution in [1.29, 1.82) is 0 Å². The van der Waals surface area contributed by atoms with Crippen molar-refractivity contribution < 1.29 is 9.53 Å². The zero-order valence-electron chi connectivity index (χ0n) is 11.0. The molecule has 0 aliphatic carbocycles. The molecule has 0 saturated carbocycles. The third-order valence-electron chi connectivity index (χ3n) is 2.71. The highest BCUT2D eigenvalue weighted by Crippen LogP contribution is 2.28. The van der Waals surface area contributed by atoms with E-state index in [1.54, 1.807) is 24.3 Å². The Labute approximate surface area is 121 Å². The van der Waals surface area contributed by atoms with Gasteiger partial charge in [-0.05, 0) is 30.7 Å². The smallest absolute Gasteiger partial charge is 0.248 e. The second kappa shape index (κ2) is 6.34. The van der Waals surface area contributed by atoms with Crippen LogP contribution in [0.5, 0.6) is 11.6 Å². The van der Waals surface area contributed by atoms with Crippen LogP contribution >= 0.6 is 11.6 Å². The van der Waals surface area contributed by atoms with E-state index in [1.807, 2.05) is 6.92 Å². The average molecular weight is 292 g/mol. The third kappa shape index (κ3) is 3.24. The van der Waals surface area contributed by atoms with E-state index in [2.05, 4.69) is 9.97 Å². The van der Waals surface area contributed by atoms with Gasteiger partial charge < -0.3 is 10.5 Å². The van der Waals surface area contributed by atoms with Gasteiger partial charge in [-0.3, -0.25) is 4.79 Å². The number of halogens is 1. The second-order valence-corrected chi connectivity index (χ2v) is 4.55. The fourth-order valence-corrected chi connectivity index (χ4v) is 1.94. The van der Waals surface area contributed by atoms with Crippen LogP contribution in [0.1, 0.15) is 29.3 Å². The van der Waals surface area contributed by atoms with Crippen LogP contribution < -0.4 is 10.5 Å². The van der Waals surface area contributed by atoms with Gasteiger partial charge >= 0.3 is 0 Å². The first-order valence-corrected chi connectivity index (χ1v) is 6.56. The van der Waals surface area contributed by atoms with Gasteiger partial charge in [0.15, 0.2) is 0 Å². The lowest BCUT2D eigenvalue weighted by molar-refractivity contribution is 0.100. The van der Waals surface area contributed by atoms with Gasteiger partial charge in [-0.25, -0.2) is 9.97 Å². The minimum absolute atomic E-state index is 0.394. The van der Waals surface area contributed by atoms with Gasteiger partial charge in [-0.2, -0.15) is 0 Å². The zero-order chi connectivity index (χ0) is 14.5. The number of aromatic nitrogens is 2. The molecule has 0 fully saturated rings. The molecule has 0 spiro atoms. The van der Waals surface area contributed by atoms with E-state index in [-0.39, 0.29) is 0 Å². The normalized spacial score (nSPS) is 10.3. The first-order valence-electron chi connectivity index (χ1n) is 6.19. The van der Waals surface area contributed by atoms with Gasteiger partial charge in [0, 0.05) is 5.56 Å². The van der Waals surface area contributed by atoms with Crippen LogP contribution in [0.25, 0.3) is 0 Å². The van der Waals surface area contributed by atoms with Gasteiger partial charge in [0.05, 0.1) is 5.56 Å². The molecule has 0 atom stereocenters. The molecule has 6 heteroatoms. The van der Waals surface area contributed by atoms with Gasteiger partial charge in [-0.1, -0.05) is 24.9 Å². The fraction of sp³-hybridized carbons (Fsp3) is 0.214. The lowest BCUT2D eigenvalue weighted by atomic mass is 10.2. The van der Waals surface area contributed by atoms with Gasteiger partial charge in [0.1, 0.15) is 17.2 Å². The van der Waals surface area contributed by atoms with Crippen molar-refractivity contribution >= 4 is 17.5 Å². The largest absolute Gasteiger partial charge is 0.439 e. The summed E-state index contributed by atoms with van der Waals surface area (Å²) in [4.78, 5) is 19.0. The highest BCUT2D eigenvalue weighted by atomic mass is 35.5. The predicted octanol–water partition coefficient (Wildman–Crippen LogP) is 2.97. The Bertz CT molecular complexity index is 614. The Hall–Kier alpha value is -2.14. The minimum Gasteiger partial charge on any atom is -0.439 e. The Morgan fingerprint density at radius 1 is 1.30 bits per heavy atom. The molecular formula is C14H14ClN3O2. The van der Waals surface area contributed by atoms with Gasteiger partial charge in [0.2, 0.25) is 11.8 Å². The number of carbonyl (C=O) groups excluding carboxylic acids is 1. The molecule has 0 radical (unpaired) electrons. The summed E-state index contributed by atoms with van der Waals surface area (Å²) in [5.74, 6) is 0.508. The number of ether oxygens (including phenoxy) is 1. The lowest BCUT2D eigenvalue weighted by Crippen LogP contribution is -2.10. The first kappa shape index (κ1) is 14.3. The molecule has 0 saturated heterocycles. The topological polar surface area (TPSA) is 78.1 Å². The van der Waals surface area contributed by atoms with Crippen molar-refractivity contribution in [2.24, 2.45) is 5.73 Å². The molecule has 2 aromatic rings. The molecule has 0 aliphatic rings. The monoisotopic (exact) mass is 291 g/mol. The molecular weight excluding hydrogens is 278 g/mol. The maximum absolute atomic E-state index is 11.0. The highest BCUT2D eigenvalue weighted by molar-refractivity contribution is 6.30. The van der Waals surface area contributed by atoms with Crippen molar-refractivity contribution in [3.8, 4) is 11.6 Å². The van der Waals surface area contributed by atoms with Crippen molar-refractivity contribution in [2.45, 2.75) is 19.8 Å². The molecule has 2 N–H and O–H groups in total. The summed E-state index contributed by atoms with van der Waals surface area (Å²) in [6.07, 6.45) is 2.99. The molecule has 1 aromatic heterocycles. The standard InChI is InChI=1S/C14H14ClN3O2/c1-2-3-11-12(15)17-8-18-14(11)20-10-6-4-9(5-7-10)13(16)19/h4-8H,2-3H2,1H3,(H2,16,19). The number of nitrogens with two attached hydrogens (primary N) is 1. The van der Waals surface area contributed by atoms with E-state index in [0.717, 1.165) is 18.4 Å². The van der Waals surface area contributed by atoms with Crippen LogP contribution in [-0.2, 0) is 6.42 Å². The summed E-state index contributed by atoms with van der Waals surface area (Å²) >= 11 is 6.05. The van der Waals surface area contributed by atoms with E-state index in [0.29, 0.717) is 22.3 Å². The van der Waals surface area contributed by atoms with E-state index in [4.69, 9.17) is 22.1 Å². The SMILES string of the molecule is CCCc1c(Cl)ncnc1Oc1ccc(C(N)=O)cc1.